The van der Waals surface area contributed by atoms with E-state index in [1.54, 1.807) is 61.6 Å². The number of likely N-dealkylation sites (N-methyl/N-ethyl adjacent to an activating group) is 1. The summed E-state index contributed by atoms with van der Waals surface area (Å²) >= 11 is 0. The van der Waals surface area contributed by atoms with Crippen molar-refractivity contribution in [1.29, 1.82) is 0 Å². The van der Waals surface area contributed by atoms with Crippen LogP contribution in [0.4, 0.5) is 0 Å². The van der Waals surface area contributed by atoms with E-state index in [-0.39, 0.29) is 0 Å². The average Bonchev–Trinajstić information content (AvgIpc) is 2.62. The fourth-order valence-electron chi connectivity index (χ4n) is 2.06. The Morgan fingerprint density at radius 2 is 1.75 bits per heavy atom. The van der Waals surface area contributed by atoms with E-state index in [2.05, 4.69) is 5.32 Å². The van der Waals surface area contributed by atoms with E-state index in [9.17, 15) is 14.2 Å². The Labute approximate surface area is 141 Å². The molecule has 1 atom stereocenters. The minimum absolute atomic E-state index is 0.319. The molecule has 0 bridgehead atoms. The lowest BCUT2D eigenvalue weighted by molar-refractivity contribution is -0.140. The molecule has 0 fully saturated rings. The highest BCUT2D eigenvalue weighted by Crippen LogP contribution is 2.17. The normalized spacial score (nSPS) is 11.7. The Bertz CT molecular complexity index is 703. The highest BCUT2D eigenvalue weighted by molar-refractivity contribution is 7.17. The summed E-state index contributed by atoms with van der Waals surface area (Å²) in [5.41, 5.74) is 1.16. The molecular formula is C17H16NO5P. The van der Waals surface area contributed by atoms with Gasteiger partial charge >= 0.3 is 20.6 Å². The van der Waals surface area contributed by atoms with E-state index < -0.39 is 26.7 Å². The molecule has 2 aromatic rings. The van der Waals surface area contributed by atoms with Gasteiger partial charge in [0.1, 0.15) is 11.8 Å². The molecule has 6 nitrogen and oxygen atoms in total. The monoisotopic (exact) mass is 345 g/mol. The molecule has 0 aliphatic rings. The van der Waals surface area contributed by atoms with E-state index in [0.29, 0.717) is 17.7 Å². The second-order valence-electron chi connectivity index (χ2n) is 4.93. The largest absolute Gasteiger partial charge is 0.408 e. The van der Waals surface area contributed by atoms with Crippen molar-refractivity contribution in [1.82, 2.24) is 5.32 Å². The number of ether oxygens (including phenoxy) is 1. The molecule has 7 heteroatoms. The summed E-state index contributed by atoms with van der Waals surface area (Å²) in [6, 6.07) is 14.4. The molecule has 0 spiro atoms. The number of esters is 2. The summed E-state index contributed by atoms with van der Waals surface area (Å²) in [4.78, 5) is 24.1. The number of hydrogen-bond acceptors (Lipinski definition) is 6. The second kappa shape index (κ2) is 8.91. The SMILES string of the molecule is CN[C@@H](Cc1ccc(OP=O)cc1)C(=O)OC(=O)c1ccccc1. The fraction of sp³-hybridized carbons (Fsp3) is 0.176. The van der Waals surface area contributed by atoms with Crippen LogP contribution in [0.1, 0.15) is 15.9 Å². The maximum absolute atomic E-state index is 12.2. The first-order chi connectivity index (χ1) is 11.6. The van der Waals surface area contributed by atoms with Crippen LogP contribution in [0.15, 0.2) is 54.6 Å². The zero-order chi connectivity index (χ0) is 17.4. The minimum atomic E-state index is -0.681. The first kappa shape index (κ1) is 17.8. The van der Waals surface area contributed by atoms with E-state index in [1.807, 2.05) is 0 Å². The van der Waals surface area contributed by atoms with Crippen molar-refractivity contribution in [2.24, 2.45) is 0 Å². The summed E-state index contributed by atoms with van der Waals surface area (Å²) < 4.78 is 20.1. The van der Waals surface area contributed by atoms with Crippen molar-refractivity contribution in [3.63, 3.8) is 0 Å². The molecule has 0 aliphatic carbocycles. The summed E-state index contributed by atoms with van der Waals surface area (Å²) in [6.07, 6.45) is 0.340. The van der Waals surface area contributed by atoms with Crippen molar-refractivity contribution < 1.29 is 23.4 Å². The van der Waals surface area contributed by atoms with E-state index in [1.165, 1.54) is 0 Å². The van der Waals surface area contributed by atoms with Gasteiger partial charge in [0, 0.05) is 0 Å². The summed E-state index contributed by atoms with van der Waals surface area (Å²) in [5.74, 6) is -0.873. The third kappa shape index (κ3) is 4.98. The van der Waals surface area contributed by atoms with Gasteiger partial charge in [-0.1, -0.05) is 30.3 Å². The Morgan fingerprint density at radius 1 is 1.08 bits per heavy atom. The van der Waals surface area contributed by atoms with Gasteiger partial charge in [0.15, 0.2) is 0 Å². The van der Waals surface area contributed by atoms with Gasteiger partial charge in [0.05, 0.1) is 5.56 Å². The molecule has 24 heavy (non-hydrogen) atoms. The van der Waals surface area contributed by atoms with Crippen molar-refractivity contribution in [2.45, 2.75) is 12.5 Å². The number of carbonyl (C=O) groups is 2. The van der Waals surface area contributed by atoms with Gasteiger partial charge in [-0.15, -0.1) is 0 Å². The molecule has 0 saturated carbocycles. The lowest BCUT2D eigenvalue weighted by Crippen LogP contribution is -2.38. The van der Waals surface area contributed by atoms with E-state index in [0.717, 1.165) is 5.56 Å². The maximum atomic E-state index is 12.2. The number of hydrogen-bond donors (Lipinski definition) is 1. The quantitative estimate of drug-likeness (QED) is 0.472. The molecular weight excluding hydrogens is 329 g/mol. The van der Waals surface area contributed by atoms with Gasteiger partial charge in [0.25, 0.3) is 0 Å². The summed E-state index contributed by atoms with van der Waals surface area (Å²) in [6.45, 7) is 0. The van der Waals surface area contributed by atoms with Crippen LogP contribution >= 0.6 is 8.69 Å². The number of nitrogens with one attached hydrogen (secondary N) is 1. The molecule has 2 aromatic carbocycles. The van der Waals surface area contributed by atoms with Crippen molar-refractivity contribution >= 4 is 20.6 Å². The van der Waals surface area contributed by atoms with Crippen LogP contribution in [-0.4, -0.2) is 25.0 Å². The zero-order valence-electron chi connectivity index (χ0n) is 13.0. The molecule has 0 heterocycles. The topological polar surface area (TPSA) is 81.7 Å². The van der Waals surface area contributed by atoms with Gasteiger partial charge < -0.3 is 14.6 Å². The smallest absolute Gasteiger partial charge is 0.395 e. The van der Waals surface area contributed by atoms with Crippen LogP contribution < -0.4 is 9.84 Å². The summed E-state index contributed by atoms with van der Waals surface area (Å²) in [5, 5.41) is 2.84. The summed E-state index contributed by atoms with van der Waals surface area (Å²) in [7, 11) is 1.19. The highest BCUT2D eigenvalue weighted by Gasteiger charge is 2.22. The Hall–Kier alpha value is -2.56. The minimum Gasteiger partial charge on any atom is -0.408 e. The zero-order valence-corrected chi connectivity index (χ0v) is 13.9. The number of benzene rings is 2. The van der Waals surface area contributed by atoms with Crippen molar-refractivity contribution in [2.75, 3.05) is 7.05 Å². The first-order valence-corrected chi connectivity index (χ1v) is 7.94. The van der Waals surface area contributed by atoms with Gasteiger partial charge in [0.2, 0.25) is 0 Å². The second-order valence-corrected chi connectivity index (χ2v) is 5.26. The van der Waals surface area contributed by atoms with Gasteiger partial charge in [-0.3, -0.25) is 0 Å². The first-order valence-electron chi connectivity index (χ1n) is 7.21. The third-order valence-corrected chi connectivity index (χ3v) is 3.63. The standard InChI is InChI=1S/C17H16NO5P/c1-18-15(11-12-7-9-14(10-8-12)23-24-21)17(20)22-16(19)13-5-3-2-4-6-13/h2-10,15,18H,11H2,1H3/t15-/m0/s1. The number of carbonyl (C=O) groups excluding carboxylic acids is 2. The lowest BCUT2D eigenvalue weighted by Gasteiger charge is -2.14. The van der Waals surface area contributed by atoms with Gasteiger partial charge in [-0.2, -0.15) is 0 Å². The average molecular weight is 345 g/mol. The molecule has 0 saturated heterocycles. The fourth-order valence-corrected chi connectivity index (χ4v) is 2.27. The lowest BCUT2D eigenvalue weighted by atomic mass is 10.1. The van der Waals surface area contributed by atoms with Crippen LogP contribution in [0.2, 0.25) is 0 Å². The van der Waals surface area contributed by atoms with Crippen LogP contribution in [0.3, 0.4) is 0 Å². The van der Waals surface area contributed by atoms with Crippen LogP contribution in [0.5, 0.6) is 5.75 Å². The van der Waals surface area contributed by atoms with Crippen LogP contribution in [-0.2, 0) is 20.5 Å². The molecule has 2 rings (SSSR count). The Balaban J connectivity index is 1.98. The molecule has 0 aromatic heterocycles. The Kier molecular flexibility index (Phi) is 6.61. The third-order valence-electron chi connectivity index (χ3n) is 3.34. The highest BCUT2D eigenvalue weighted by atomic mass is 31.1. The predicted molar refractivity (Wildman–Crippen MR) is 88.1 cm³/mol. The molecule has 124 valence electrons. The van der Waals surface area contributed by atoms with Crippen molar-refractivity contribution in [3.8, 4) is 5.75 Å². The molecule has 0 unspecified atom stereocenters. The molecule has 0 aliphatic heterocycles. The molecule has 0 radical (unpaired) electrons. The van der Waals surface area contributed by atoms with Gasteiger partial charge in [-0.25, -0.2) is 14.2 Å². The van der Waals surface area contributed by atoms with E-state index >= 15 is 0 Å². The van der Waals surface area contributed by atoms with E-state index in [4.69, 9.17) is 9.26 Å². The predicted octanol–water partition coefficient (Wildman–Crippen LogP) is 2.79. The Morgan fingerprint density at radius 3 is 2.33 bits per heavy atom. The number of rotatable bonds is 7. The van der Waals surface area contributed by atoms with Crippen LogP contribution in [0.25, 0.3) is 0 Å². The van der Waals surface area contributed by atoms with Gasteiger partial charge in [-0.05, 0) is 43.3 Å². The molecule has 1 N–H and O–H groups in total. The maximum Gasteiger partial charge on any atom is 0.395 e. The molecule has 0 amide bonds. The van der Waals surface area contributed by atoms with Crippen LogP contribution in [0, 0.1) is 0 Å². The van der Waals surface area contributed by atoms with Crippen molar-refractivity contribution in [3.05, 3.63) is 65.7 Å².